The zero-order valence-corrected chi connectivity index (χ0v) is 10.9. The summed E-state index contributed by atoms with van der Waals surface area (Å²) in [5.41, 5.74) is 0. The average molecular weight is 255 g/mol. The van der Waals surface area contributed by atoms with Gasteiger partial charge < -0.3 is 15.4 Å². The lowest BCUT2D eigenvalue weighted by atomic mass is 10.1. The molecular formula is C10H17N5OS. The van der Waals surface area contributed by atoms with E-state index in [0.29, 0.717) is 23.8 Å². The molecule has 1 atom stereocenters. The lowest BCUT2D eigenvalue weighted by Crippen LogP contribution is -2.16. The Labute approximate surface area is 105 Å². The lowest BCUT2D eigenvalue weighted by Gasteiger charge is -2.11. The SMILES string of the molecule is CNc1nc(NCC2CCSC2)nc(OC)n1. The molecule has 1 saturated heterocycles. The minimum Gasteiger partial charge on any atom is -0.467 e. The molecule has 2 N–H and O–H groups in total. The molecule has 0 bridgehead atoms. The molecule has 0 aromatic carbocycles. The first-order chi connectivity index (χ1) is 8.31. The number of aromatic nitrogens is 3. The largest absolute Gasteiger partial charge is 0.467 e. The molecule has 2 heterocycles. The maximum absolute atomic E-state index is 5.02. The number of anilines is 2. The number of ether oxygens (including phenoxy) is 1. The Bertz CT molecular complexity index is 347. The summed E-state index contributed by atoms with van der Waals surface area (Å²) in [7, 11) is 3.32. The highest BCUT2D eigenvalue weighted by Gasteiger charge is 2.15. The highest BCUT2D eigenvalue weighted by Crippen LogP contribution is 2.23. The highest BCUT2D eigenvalue weighted by atomic mass is 32.2. The van der Waals surface area contributed by atoms with Crippen molar-refractivity contribution in [3.05, 3.63) is 0 Å². The van der Waals surface area contributed by atoms with Crippen LogP contribution in [0.15, 0.2) is 0 Å². The predicted octanol–water partition coefficient (Wildman–Crippen LogP) is 1.09. The number of nitrogens with one attached hydrogen (secondary N) is 2. The third-order valence-electron chi connectivity index (χ3n) is 2.59. The molecule has 1 aromatic rings. The van der Waals surface area contributed by atoms with E-state index in [9.17, 15) is 0 Å². The summed E-state index contributed by atoms with van der Waals surface area (Å²) in [5, 5.41) is 6.12. The highest BCUT2D eigenvalue weighted by molar-refractivity contribution is 7.99. The summed E-state index contributed by atoms with van der Waals surface area (Å²) < 4.78 is 5.02. The van der Waals surface area contributed by atoms with Crippen LogP contribution in [0.3, 0.4) is 0 Å². The molecule has 7 heteroatoms. The molecule has 2 rings (SSSR count). The van der Waals surface area contributed by atoms with Gasteiger partial charge in [-0.05, 0) is 23.8 Å². The van der Waals surface area contributed by atoms with Crippen LogP contribution in [0.1, 0.15) is 6.42 Å². The van der Waals surface area contributed by atoms with E-state index in [1.807, 2.05) is 11.8 Å². The summed E-state index contributed by atoms with van der Waals surface area (Å²) in [6.45, 7) is 0.906. The van der Waals surface area contributed by atoms with Crippen molar-refractivity contribution in [1.29, 1.82) is 0 Å². The Kier molecular flexibility index (Phi) is 4.24. The molecule has 0 saturated carbocycles. The van der Waals surface area contributed by atoms with Crippen LogP contribution in [-0.4, -0.2) is 47.2 Å². The fourth-order valence-electron chi connectivity index (χ4n) is 1.62. The van der Waals surface area contributed by atoms with Crippen molar-refractivity contribution < 1.29 is 4.74 Å². The molecule has 1 aliphatic rings. The quantitative estimate of drug-likeness (QED) is 0.816. The van der Waals surface area contributed by atoms with E-state index in [4.69, 9.17) is 4.74 Å². The van der Waals surface area contributed by atoms with Gasteiger partial charge in [-0.2, -0.15) is 26.7 Å². The van der Waals surface area contributed by atoms with Crippen molar-refractivity contribution in [2.45, 2.75) is 6.42 Å². The normalized spacial score (nSPS) is 19.1. The van der Waals surface area contributed by atoms with E-state index < -0.39 is 0 Å². The maximum atomic E-state index is 5.02. The van der Waals surface area contributed by atoms with Crippen LogP contribution in [0.5, 0.6) is 6.01 Å². The Hall–Kier alpha value is -1.24. The van der Waals surface area contributed by atoms with Gasteiger partial charge in [0.15, 0.2) is 0 Å². The zero-order valence-electron chi connectivity index (χ0n) is 10.1. The lowest BCUT2D eigenvalue weighted by molar-refractivity contribution is 0.379. The van der Waals surface area contributed by atoms with E-state index in [1.165, 1.54) is 17.9 Å². The molecule has 17 heavy (non-hydrogen) atoms. The molecular weight excluding hydrogens is 238 g/mol. The van der Waals surface area contributed by atoms with E-state index >= 15 is 0 Å². The first-order valence-electron chi connectivity index (χ1n) is 5.61. The Balaban J connectivity index is 1.98. The van der Waals surface area contributed by atoms with Crippen molar-refractivity contribution >= 4 is 23.7 Å². The van der Waals surface area contributed by atoms with Gasteiger partial charge in [-0.15, -0.1) is 0 Å². The van der Waals surface area contributed by atoms with Crippen LogP contribution in [0, 0.1) is 5.92 Å². The number of nitrogens with zero attached hydrogens (tertiary/aromatic N) is 3. The first-order valence-corrected chi connectivity index (χ1v) is 6.76. The summed E-state index contributed by atoms with van der Waals surface area (Å²) >= 11 is 2.00. The topological polar surface area (TPSA) is 72.0 Å². The molecule has 1 unspecified atom stereocenters. The molecule has 6 nitrogen and oxygen atoms in total. The number of methoxy groups -OCH3 is 1. The molecule has 1 aromatic heterocycles. The minimum atomic E-state index is 0.327. The van der Waals surface area contributed by atoms with Crippen LogP contribution >= 0.6 is 11.8 Å². The van der Waals surface area contributed by atoms with Crippen molar-refractivity contribution in [2.24, 2.45) is 5.92 Å². The van der Waals surface area contributed by atoms with Crippen LogP contribution in [0.4, 0.5) is 11.9 Å². The smallest absolute Gasteiger partial charge is 0.322 e. The molecule has 1 fully saturated rings. The number of hydrogen-bond acceptors (Lipinski definition) is 7. The van der Waals surface area contributed by atoms with Crippen molar-refractivity contribution in [3.63, 3.8) is 0 Å². The van der Waals surface area contributed by atoms with Crippen LogP contribution in [0.25, 0.3) is 0 Å². The summed E-state index contributed by atoms with van der Waals surface area (Å²) in [6.07, 6.45) is 1.26. The Morgan fingerprint density at radius 3 is 2.82 bits per heavy atom. The van der Waals surface area contributed by atoms with Crippen LogP contribution in [0.2, 0.25) is 0 Å². The maximum Gasteiger partial charge on any atom is 0.322 e. The number of thioether (sulfide) groups is 1. The van der Waals surface area contributed by atoms with E-state index in [-0.39, 0.29) is 0 Å². The standard InChI is InChI=1S/C10H17N5OS/c1-11-8-13-9(15-10(14-8)16-2)12-5-7-3-4-17-6-7/h7H,3-6H2,1-2H3,(H2,11,12,13,14,15). The minimum absolute atomic E-state index is 0.327. The van der Waals surface area contributed by atoms with Crippen molar-refractivity contribution in [1.82, 2.24) is 15.0 Å². The average Bonchev–Trinajstić information content (AvgIpc) is 2.89. The van der Waals surface area contributed by atoms with Gasteiger partial charge >= 0.3 is 6.01 Å². The second kappa shape index (κ2) is 5.90. The fourth-order valence-corrected chi connectivity index (χ4v) is 2.90. The molecule has 0 amide bonds. The summed E-state index contributed by atoms with van der Waals surface area (Å²) in [6, 6.07) is 0.327. The van der Waals surface area contributed by atoms with Crippen molar-refractivity contribution in [3.8, 4) is 6.01 Å². The van der Waals surface area contributed by atoms with Gasteiger partial charge in [-0.1, -0.05) is 0 Å². The molecule has 94 valence electrons. The van der Waals surface area contributed by atoms with Crippen LogP contribution < -0.4 is 15.4 Å². The predicted molar refractivity (Wildman–Crippen MR) is 69.8 cm³/mol. The van der Waals surface area contributed by atoms with Crippen molar-refractivity contribution in [2.75, 3.05) is 42.8 Å². The summed E-state index contributed by atoms with van der Waals surface area (Å²) in [5.74, 6) is 4.27. The van der Waals surface area contributed by atoms with E-state index in [2.05, 4.69) is 25.6 Å². The van der Waals surface area contributed by atoms with Gasteiger partial charge in [0.25, 0.3) is 0 Å². The van der Waals surface area contributed by atoms with Gasteiger partial charge in [0.05, 0.1) is 7.11 Å². The second-order valence-corrected chi connectivity index (χ2v) is 4.98. The Morgan fingerprint density at radius 1 is 1.35 bits per heavy atom. The number of rotatable bonds is 5. The molecule has 0 spiro atoms. The molecule has 0 aliphatic carbocycles. The van der Waals surface area contributed by atoms with Gasteiger partial charge in [-0.3, -0.25) is 0 Å². The Morgan fingerprint density at radius 2 is 2.18 bits per heavy atom. The monoisotopic (exact) mass is 255 g/mol. The molecule has 0 radical (unpaired) electrons. The van der Waals surface area contributed by atoms with E-state index in [0.717, 1.165) is 6.54 Å². The van der Waals surface area contributed by atoms with Gasteiger partial charge in [0.2, 0.25) is 11.9 Å². The van der Waals surface area contributed by atoms with Gasteiger partial charge in [0.1, 0.15) is 0 Å². The van der Waals surface area contributed by atoms with Gasteiger partial charge in [0, 0.05) is 13.6 Å². The van der Waals surface area contributed by atoms with E-state index in [1.54, 1.807) is 14.2 Å². The first kappa shape index (κ1) is 12.2. The number of hydrogen-bond donors (Lipinski definition) is 2. The fraction of sp³-hybridized carbons (Fsp3) is 0.700. The molecule has 1 aliphatic heterocycles. The third-order valence-corrected chi connectivity index (χ3v) is 3.83. The van der Waals surface area contributed by atoms with Gasteiger partial charge in [-0.25, -0.2) is 0 Å². The second-order valence-electron chi connectivity index (χ2n) is 3.83. The summed E-state index contributed by atoms with van der Waals surface area (Å²) in [4.78, 5) is 12.4. The van der Waals surface area contributed by atoms with Crippen LogP contribution in [-0.2, 0) is 0 Å². The zero-order chi connectivity index (χ0) is 12.1. The third kappa shape index (κ3) is 3.36.